The number of nitrogens with one attached hydrogen (secondary N) is 2. The van der Waals surface area contributed by atoms with Crippen LogP contribution >= 0.6 is 12.4 Å². The van der Waals surface area contributed by atoms with E-state index in [9.17, 15) is 9.59 Å². The molecule has 2 atom stereocenters. The van der Waals surface area contributed by atoms with Crippen LogP contribution in [-0.2, 0) is 9.53 Å². The van der Waals surface area contributed by atoms with Crippen molar-refractivity contribution in [2.24, 2.45) is 5.73 Å². The van der Waals surface area contributed by atoms with Crippen molar-refractivity contribution < 1.29 is 19.1 Å². The molecule has 7 nitrogen and oxygen atoms in total. The van der Waals surface area contributed by atoms with Crippen LogP contribution in [-0.4, -0.2) is 44.7 Å². The molecule has 1 aromatic carbocycles. The van der Waals surface area contributed by atoms with Crippen LogP contribution in [0.25, 0.3) is 0 Å². The van der Waals surface area contributed by atoms with E-state index in [1.165, 1.54) is 14.2 Å². The summed E-state index contributed by atoms with van der Waals surface area (Å²) in [5, 5.41) is 5.28. The Hall–Kier alpha value is -1.83. The molecule has 4 N–H and O–H groups in total. The zero-order valence-corrected chi connectivity index (χ0v) is 13.9. The van der Waals surface area contributed by atoms with Gasteiger partial charge in [-0.05, 0) is 31.0 Å². The molecule has 1 aliphatic heterocycles. The van der Waals surface area contributed by atoms with Crippen molar-refractivity contribution in [1.29, 1.82) is 0 Å². The lowest BCUT2D eigenvalue weighted by atomic mass is 10.1. The number of rotatable bonds is 5. The van der Waals surface area contributed by atoms with Crippen molar-refractivity contribution in [3.63, 3.8) is 0 Å². The first kappa shape index (κ1) is 19.2. The maximum Gasteiger partial charge on any atom is 0.253 e. The first-order chi connectivity index (χ1) is 10.6. The maximum atomic E-state index is 12.3. The van der Waals surface area contributed by atoms with Crippen LogP contribution in [0.2, 0.25) is 0 Å². The molecule has 2 amide bonds. The van der Waals surface area contributed by atoms with Gasteiger partial charge in [-0.2, -0.15) is 0 Å². The number of hydrogen-bond donors (Lipinski definition) is 3. The topological polar surface area (TPSA) is 103 Å². The summed E-state index contributed by atoms with van der Waals surface area (Å²) < 4.78 is 10.7. The Bertz CT molecular complexity index is 568. The zero-order chi connectivity index (χ0) is 16.1. The van der Waals surface area contributed by atoms with Gasteiger partial charge in [-0.3, -0.25) is 9.59 Å². The first-order valence-corrected chi connectivity index (χ1v) is 7.15. The number of ether oxygens (including phenoxy) is 2. The fourth-order valence-electron chi connectivity index (χ4n) is 2.37. The quantitative estimate of drug-likeness (QED) is 0.737. The number of hydrogen-bond acceptors (Lipinski definition) is 5. The number of anilines is 1. The zero-order valence-electron chi connectivity index (χ0n) is 13.1. The predicted octanol–water partition coefficient (Wildman–Crippen LogP) is 0.921. The molecule has 0 aliphatic carbocycles. The molecule has 1 aliphatic rings. The highest BCUT2D eigenvalue weighted by atomic mass is 35.5. The minimum atomic E-state index is -0.534. The molecule has 0 radical (unpaired) electrons. The van der Waals surface area contributed by atoms with Crippen LogP contribution in [0.15, 0.2) is 18.2 Å². The number of amides is 2. The maximum absolute atomic E-state index is 12.3. The Morgan fingerprint density at radius 3 is 2.70 bits per heavy atom. The molecular weight excluding hydrogens is 322 g/mol. The minimum absolute atomic E-state index is 0. The van der Waals surface area contributed by atoms with E-state index in [4.69, 9.17) is 15.2 Å². The molecular formula is C15H22ClN3O4. The standard InChI is InChI=1S/C15H21N3O4.ClH/c1-17-14(19)11-7-9(21-2)3-5-12(11)18-15(20)13-6-4-10(8-16)22-13;/h3,5,7,10,13H,4,6,8,16H2,1-2H3,(H,17,19)(H,18,20);1H/t10-,13+;/m1./s1. The molecule has 0 bridgehead atoms. The third-order valence-electron chi connectivity index (χ3n) is 3.62. The predicted molar refractivity (Wildman–Crippen MR) is 89.2 cm³/mol. The number of nitrogens with two attached hydrogens (primary N) is 1. The second-order valence-corrected chi connectivity index (χ2v) is 5.04. The van der Waals surface area contributed by atoms with Gasteiger partial charge >= 0.3 is 0 Å². The molecule has 1 saturated heterocycles. The van der Waals surface area contributed by atoms with E-state index in [1.54, 1.807) is 18.2 Å². The van der Waals surface area contributed by atoms with E-state index in [-0.39, 0.29) is 30.3 Å². The summed E-state index contributed by atoms with van der Waals surface area (Å²) >= 11 is 0. The molecule has 8 heteroatoms. The Morgan fingerprint density at radius 1 is 1.39 bits per heavy atom. The number of methoxy groups -OCH3 is 1. The van der Waals surface area contributed by atoms with Crippen molar-refractivity contribution in [2.75, 3.05) is 26.0 Å². The van der Waals surface area contributed by atoms with Crippen molar-refractivity contribution in [2.45, 2.75) is 25.0 Å². The Labute approximate surface area is 141 Å². The largest absolute Gasteiger partial charge is 0.497 e. The second kappa shape index (κ2) is 8.71. The van der Waals surface area contributed by atoms with Crippen LogP contribution in [0.1, 0.15) is 23.2 Å². The number of carbonyl (C=O) groups excluding carboxylic acids is 2. The summed E-state index contributed by atoms with van der Waals surface area (Å²) in [6, 6.07) is 4.89. The summed E-state index contributed by atoms with van der Waals surface area (Å²) in [6.45, 7) is 0.399. The Kier molecular flexibility index (Phi) is 7.28. The lowest BCUT2D eigenvalue weighted by Crippen LogP contribution is -2.31. The number of carbonyl (C=O) groups is 2. The van der Waals surface area contributed by atoms with Gasteiger partial charge in [-0.1, -0.05) is 0 Å². The summed E-state index contributed by atoms with van der Waals surface area (Å²) in [6.07, 6.45) is 0.775. The van der Waals surface area contributed by atoms with E-state index in [0.717, 1.165) is 6.42 Å². The fourth-order valence-corrected chi connectivity index (χ4v) is 2.37. The SMILES string of the molecule is CNC(=O)c1cc(OC)ccc1NC(=O)[C@@H]1CC[C@H](CN)O1.Cl. The van der Waals surface area contributed by atoms with Gasteiger partial charge in [0, 0.05) is 13.6 Å². The molecule has 23 heavy (non-hydrogen) atoms. The van der Waals surface area contributed by atoms with Crippen molar-refractivity contribution in [3.8, 4) is 5.75 Å². The Balaban J connectivity index is 0.00000264. The van der Waals surface area contributed by atoms with Gasteiger partial charge in [0.25, 0.3) is 11.8 Å². The highest BCUT2D eigenvalue weighted by Gasteiger charge is 2.30. The van der Waals surface area contributed by atoms with Gasteiger partial charge in [0.2, 0.25) is 0 Å². The van der Waals surface area contributed by atoms with E-state index in [0.29, 0.717) is 30.0 Å². The molecule has 128 valence electrons. The van der Waals surface area contributed by atoms with Crippen LogP contribution in [0.3, 0.4) is 0 Å². The molecule has 0 saturated carbocycles. The first-order valence-electron chi connectivity index (χ1n) is 7.15. The van der Waals surface area contributed by atoms with E-state index in [2.05, 4.69) is 10.6 Å². The number of benzene rings is 1. The van der Waals surface area contributed by atoms with Crippen LogP contribution in [0.4, 0.5) is 5.69 Å². The lowest BCUT2D eigenvalue weighted by molar-refractivity contribution is -0.126. The molecule has 1 heterocycles. The molecule has 1 aromatic rings. The van der Waals surface area contributed by atoms with Crippen molar-refractivity contribution in [1.82, 2.24) is 5.32 Å². The van der Waals surface area contributed by atoms with Crippen molar-refractivity contribution in [3.05, 3.63) is 23.8 Å². The average molecular weight is 344 g/mol. The molecule has 2 rings (SSSR count). The molecule has 0 spiro atoms. The van der Waals surface area contributed by atoms with E-state index >= 15 is 0 Å². The van der Waals surface area contributed by atoms with Gasteiger partial charge in [-0.25, -0.2) is 0 Å². The third kappa shape index (κ3) is 4.57. The average Bonchev–Trinajstić information content (AvgIpc) is 3.03. The third-order valence-corrected chi connectivity index (χ3v) is 3.62. The van der Waals surface area contributed by atoms with E-state index < -0.39 is 6.10 Å². The monoisotopic (exact) mass is 343 g/mol. The van der Waals surface area contributed by atoms with Crippen LogP contribution in [0.5, 0.6) is 5.75 Å². The van der Waals surface area contributed by atoms with Crippen molar-refractivity contribution >= 4 is 29.9 Å². The van der Waals surface area contributed by atoms with Gasteiger partial charge < -0.3 is 25.8 Å². The van der Waals surface area contributed by atoms with Crippen LogP contribution < -0.4 is 21.1 Å². The number of halogens is 1. The summed E-state index contributed by atoms with van der Waals surface area (Å²) in [7, 11) is 3.04. The summed E-state index contributed by atoms with van der Waals surface area (Å²) in [5.74, 6) is -0.0374. The van der Waals surface area contributed by atoms with E-state index in [1.807, 2.05) is 0 Å². The lowest BCUT2D eigenvalue weighted by Gasteiger charge is -2.15. The highest BCUT2D eigenvalue weighted by Crippen LogP contribution is 2.24. The molecule has 1 fully saturated rings. The summed E-state index contributed by atoms with van der Waals surface area (Å²) in [5.41, 5.74) is 6.30. The smallest absolute Gasteiger partial charge is 0.253 e. The highest BCUT2D eigenvalue weighted by molar-refractivity contribution is 6.04. The van der Waals surface area contributed by atoms with Gasteiger partial charge in [0.1, 0.15) is 11.9 Å². The fraction of sp³-hybridized carbons (Fsp3) is 0.467. The van der Waals surface area contributed by atoms with Crippen LogP contribution in [0, 0.1) is 0 Å². The molecule has 0 aromatic heterocycles. The minimum Gasteiger partial charge on any atom is -0.497 e. The summed E-state index contributed by atoms with van der Waals surface area (Å²) in [4.78, 5) is 24.2. The van der Waals surface area contributed by atoms with Gasteiger partial charge in [0.05, 0.1) is 24.5 Å². The second-order valence-electron chi connectivity index (χ2n) is 5.04. The molecule has 0 unspecified atom stereocenters. The van der Waals surface area contributed by atoms with Gasteiger partial charge in [0.15, 0.2) is 0 Å². The normalized spacial score (nSPS) is 19.6. The van der Waals surface area contributed by atoms with Gasteiger partial charge in [-0.15, -0.1) is 12.4 Å². The Morgan fingerprint density at radius 2 is 2.13 bits per heavy atom.